The van der Waals surface area contributed by atoms with Crippen molar-refractivity contribution in [3.8, 4) is 11.4 Å². The molecule has 0 saturated carbocycles. The molecule has 3 rings (SSSR count). The molecule has 0 unspecified atom stereocenters. The largest absolute Gasteiger partial charge is 0.335 e. The van der Waals surface area contributed by atoms with Gasteiger partial charge in [-0.3, -0.25) is 14.6 Å². The van der Waals surface area contributed by atoms with E-state index in [1.165, 1.54) is 9.58 Å². The number of tetrazole rings is 1. The average molecular weight is 365 g/mol. The van der Waals surface area contributed by atoms with Crippen LogP contribution in [0.1, 0.15) is 5.56 Å². The van der Waals surface area contributed by atoms with Gasteiger partial charge in [-0.1, -0.05) is 17.7 Å². The molecule has 1 N–H and O–H groups in total. The molecule has 27 heavy (non-hydrogen) atoms. The zero-order valence-electron chi connectivity index (χ0n) is 15.0. The first kappa shape index (κ1) is 18.2. The summed E-state index contributed by atoms with van der Waals surface area (Å²) >= 11 is 0. The SMILES string of the molecule is Cc1ccc(NC(=O)CN(C)C(=O)Cn2nnnc2-c2ccncc2)cc1. The van der Waals surface area contributed by atoms with Gasteiger partial charge in [-0.15, -0.1) is 5.10 Å². The third-order valence-electron chi connectivity index (χ3n) is 3.90. The Kier molecular flexibility index (Phi) is 5.50. The summed E-state index contributed by atoms with van der Waals surface area (Å²) in [7, 11) is 1.56. The summed E-state index contributed by atoms with van der Waals surface area (Å²) in [4.78, 5) is 29.9. The van der Waals surface area contributed by atoms with Crippen LogP contribution in [0.4, 0.5) is 5.69 Å². The molecule has 0 saturated heterocycles. The van der Waals surface area contributed by atoms with Crippen molar-refractivity contribution in [2.75, 3.05) is 18.9 Å². The highest BCUT2D eigenvalue weighted by atomic mass is 16.2. The molecule has 0 radical (unpaired) electrons. The van der Waals surface area contributed by atoms with E-state index in [0.717, 1.165) is 11.1 Å². The monoisotopic (exact) mass is 365 g/mol. The number of likely N-dealkylation sites (N-methyl/N-ethyl adjacent to an activating group) is 1. The minimum atomic E-state index is -0.281. The molecule has 3 aromatic rings. The van der Waals surface area contributed by atoms with E-state index in [1.54, 1.807) is 31.6 Å². The van der Waals surface area contributed by atoms with Crippen LogP contribution in [0.25, 0.3) is 11.4 Å². The number of anilines is 1. The summed E-state index contributed by atoms with van der Waals surface area (Å²) in [6.07, 6.45) is 3.25. The lowest BCUT2D eigenvalue weighted by Crippen LogP contribution is -2.37. The van der Waals surface area contributed by atoms with Crippen molar-refractivity contribution in [1.82, 2.24) is 30.1 Å². The molecule has 9 nitrogen and oxygen atoms in total. The molecule has 0 bridgehead atoms. The summed E-state index contributed by atoms with van der Waals surface area (Å²) in [5.41, 5.74) is 2.54. The maximum Gasteiger partial charge on any atom is 0.244 e. The van der Waals surface area contributed by atoms with Crippen LogP contribution in [0.15, 0.2) is 48.8 Å². The fourth-order valence-corrected chi connectivity index (χ4v) is 2.41. The third-order valence-corrected chi connectivity index (χ3v) is 3.90. The maximum absolute atomic E-state index is 12.4. The molecular formula is C18H19N7O2. The number of aryl methyl sites for hydroxylation is 1. The predicted octanol–water partition coefficient (Wildman–Crippen LogP) is 1.14. The molecule has 0 fully saturated rings. The van der Waals surface area contributed by atoms with Crippen LogP contribution in [-0.2, 0) is 16.1 Å². The number of amides is 2. The quantitative estimate of drug-likeness (QED) is 0.702. The Hall–Kier alpha value is -3.62. The summed E-state index contributed by atoms with van der Waals surface area (Å²) in [5, 5.41) is 14.2. The van der Waals surface area contributed by atoms with Crippen molar-refractivity contribution < 1.29 is 9.59 Å². The van der Waals surface area contributed by atoms with Gasteiger partial charge >= 0.3 is 0 Å². The van der Waals surface area contributed by atoms with E-state index in [1.807, 2.05) is 31.2 Å². The second kappa shape index (κ2) is 8.17. The highest BCUT2D eigenvalue weighted by molar-refractivity contribution is 5.94. The van der Waals surface area contributed by atoms with Gasteiger partial charge in [-0.25, -0.2) is 4.68 Å². The molecule has 2 heterocycles. The van der Waals surface area contributed by atoms with E-state index in [9.17, 15) is 9.59 Å². The lowest BCUT2D eigenvalue weighted by Gasteiger charge is -2.17. The highest BCUT2D eigenvalue weighted by Gasteiger charge is 2.17. The number of nitrogens with one attached hydrogen (secondary N) is 1. The maximum atomic E-state index is 12.4. The van der Waals surface area contributed by atoms with Gasteiger partial charge in [0.15, 0.2) is 5.82 Å². The Balaban J connectivity index is 1.59. The number of hydrogen-bond acceptors (Lipinski definition) is 6. The molecular weight excluding hydrogens is 346 g/mol. The molecule has 0 atom stereocenters. The van der Waals surface area contributed by atoms with Crippen molar-refractivity contribution in [2.45, 2.75) is 13.5 Å². The fourth-order valence-electron chi connectivity index (χ4n) is 2.41. The highest BCUT2D eigenvalue weighted by Crippen LogP contribution is 2.14. The lowest BCUT2D eigenvalue weighted by molar-refractivity contribution is -0.134. The number of carbonyl (C=O) groups is 2. The van der Waals surface area contributed by atoms with Crippen LogP contribution in [0, 0.1) is 6.92 Å². The van der Waals surface area contributed by atoms with E-state index < -0.39 is 0 Å². The normalized spacial score (nSPS) is 10.4. The van der Waals surface area contributed by atoms with Crippen LogP contribution in [0.2, 0.25) is 0 Å². The summed E-state index contributed by atoms with van der Waals surface area (Å²) < 4.78 is 1.39. The van der Waals surface area contributed by atoms with Crippen molar-refractivity contribution in [1.29, 1.82) is 0 Å². The molecule has 138 valence electrons. The number of aromatic nitrogens is 5. The molecule has 0 aliphatic carbocycles. The Morgan fingerprint density at radius 2 is 1.81 bits per heavy atom. The summed E-state index contributed by atoms with van der Waals surface area (Å²) in [6, 6.07) is 11.0. The van der Waals surface area contributed by atoms with Gasteiger partial charge in [-0.2, -0.15) is 0 Å². The molecule has 2 amide bonds. The topological polar surface area (TPSA) is 106 Å². The van der Waals surface area contributed by atoms with E-state index in [0.29, 0.717) is 11.5 Å². The van der Waals surface area contributed by atoms with E-state index in [-0.39, 0.29) is 24.9 Å². The van der Waals surface area contributed by atoms with E-state index >= 15 is 0 Å². The third kappa shape index (κ3) is 4.72. The van der Waals surface area contributed by atoms with Crippen molar-refractivity contribution in [3.63, 3.8) is 0 Å². The van der Waals surface area contributed by atoms with Crippen LogP contribution >= 0.6 is 0 Å². The van der Waals surface area contributed by atoms with Gasteiger partial charge < -0.3 is 10.2 Å². The second-order valence-electron chi connectivity index (χ2n) is 6.06. The van der Waals surface area contributed by atoms with Crippen molar-refractivity contribution >= 4 is 17.5 Å². The van der Waals surface area contributed by atoms with Gasteiger partial charge in [0, 0.05) is 30.7 Å². The van der Waals surface area contributed by atoms with Crippen molar-refractivity contribution in [3.05, 3.63) is 54.4 Å². The Morgan fingerprint density at radius 3 is 2.52 bits per heavy atom. The molecule has 2 aromatic heterocycles. The number of hydrogen-bond donors (Lipinski definition) is 1. The Morgan fingerprint density at radius 1 is 1.11 bits per heavy atom. The molecule has 0 aliphatic rings. The summed E-state index contributed by atoms with van der Waals surface area (Å²) in [6.45, 7) is 1.83. The van der Waals surface area contributed by atoms with Crippen LogP contribution < -0.4 is 5.32 Å². The first-order valence-electron chi connectivity index (χ1n) is 8.30. The predicted molar refractivity (Wildman–Crippen MR) is 98.5 cm³/mol. The average Bonchev–Trinajstić information content (AvgIpc) is 3.12. The number of rotatable bonds is 6. The molecule has 0 aliphatic heterocycles. The van der Waals surface area contributed by atoms with Crippen LogP contribution in [-0.4, -0.2) is 55.5 Å². The standard InChI is InChI=1S/C18H19N7O2/c1-13-3-5-15(6-4-13)20-16(26)11-24(2)17(27)12-25-18(21-22-23-25)14-7-9-19-10-8-14/h3-10H,11-12H2,1-2H3,(H,20,26). The van der Waals surface area contributed by atoms with E-state index in [4.69, 9.17) is 0 Å². The summed E-state index contributed by atoms with van der Waals surface area (Å²) in [5.74, 6) is -0.0966. The molecule has 0 spiro atoms. The first-order valence-corrected chi connectivity index (χ1v) is 8.30. The number of nitrogens with zero attached hydrogens (tertiary/aromatic N) is 6. The lowest BCUT2D eigenvalue weighted by atomic mass is 10.2. The zero-order valence-corrected chi connectivity index (χ0v) is 15.0. The minimum absolute atomic E-state index is 0.0700. The number of pyridine rings is 1. The molecule has 1 aromatic carbocycles. The second-order valence-corrected chi connectivity index (χ2v) is 6.06. The van der Waals surface area contributed by atoms with Gasteiger partial charge in [0.2, 0.25) is 11.8 Å². The van der Waals surface area contributed by atoms with Gasteiger partial charge in [0.25, 0.3) is 0 Å². The van der Waals surface area contributed by atoms with Crippen LogP contribution in [0.5, 0.6) is 0 Å². The smallest absolute Gasteiger partial charge is 0.244 e. The fraction of sp³-hybridized carbons (Fsp3) is 0.222. The molecule has 9 heteroatoms. The van der Waals surface area contributed by atoms with Crippen LogP contribution in [0.3, 0.4) is 0 Å². The number of benzene rings is 1. The zero-order chi connectivity index (χ0) is 19.2. The first-order chi connectivity index (χ1) is 13.0. The van der Waals surface area contributed by atoms with Gasteiger partial charge in [-0.05, 0) is 41.6 Å². The van der Waals surface area contributed by atoms with Gasteiger partial charge in [0.1, 0.15) is 6.54 Å². The van der Waals surface area contributed by atoms with Gasteiger partial charge in [0.05, 0.1) is 6.54 Å². The van der Waals surface area contributed by atoms with E-state index in [2.05, 4.69) is 25.8 Å². The minimum Gasteiger partial charge on any atom is -0.335 e. The van der Waals surface area contributed by atoms with Crippen molar-refractivity contribution in [2.24, 2.45) is 0 Å². The Bertz CT molecular complexity index is 922. The number of carbonyl (C=O) groups excluding carboxylic acids is 2. The Labute approximate surface area is 156 Å².